The summed E-state index contributed by atoms with van der Waals surface area (Å²) in [7, 11) is 0. The molecule has 0 saturated carbocycles. The van der Waals surface area contributed by atoms with Gasteiger partial charge in [0.1, 0.15) is 0 Å². The molecule has 0 aromatic heterocycles. The third-order valence-electron chi connectivity index (χ3n) is 2.73. The fourth-order valence-corrected chi connectivity index (χ4v) is 1.89. The number of rotatable bonds is 3. The molecule has 98 valence electrons. The van der Waals surface area contributed by atoms with E-state index in [2.05, 4.69) is 5.32 Å². The number of nitrogen functional groups attached to an aromatic ring is 2. The summed E-state index contributed by atoms with van der Waals surface area (Å²) in [5.74, 6) is -0.277. The highest BCUT2D eigenvalue weighted by atomic mass is 35.5. The molecule has 0 aliphatic rings. The number of carbonyl (C=O) groups excluding carboxylic acids is 1. The van der Waals surface area contributed by atoms with E-state index in [1.165, 1.54) is 0 Å². The topological polar surface area (TPSA) is 81.1 Å². The van der Waals surface area contributed by atoms with E-state index < -0.39 is 0 Å². The molecule has 0 fully saturated rings. The average molecular weight is 276 g/mol. The number of halogens is 1. The number of para-hydroxylation sites is 1. The second kappa shape index (κ2) is 5.63. The smallest absolute Gasteiger partial charge is 0.253 e. The molecular formula is C14H14ClN3O. The molecule has 0 bridgehead atoms. The first-order chi connectivity index (χ1) is 9.08. The molecule has 0 radical (unpaired) electrons. The van der Waals surface area contributed by atoms with E-state index in [1.54, 1.807) is 24.3 Å². The minimum atomic E-state index is -0.277. The highest BCUT2D eigenvalue weighted by molar-refractivity contribution is 6.34. The van der Waals surface area contributed by atoms with Gasteiger partial charge in [0.25, 0.3) is 5.91 Å². The van der Waals surface area contributed by atoms with E-state index >= 15 is 0 Å². The number of nitrogens with two attached hydrogens (primary N) is 2. The first-order valence-electron chi connectivity index (χ1n) is 5.74. The van der Waals surface area contributed by atoms with Gasteiger partial charge in [-0.3, -0.25) is 4.79 Å². The van der Waals surface area contributed by atoms with Crippen LogP contribution in [0.5, 0.6) is 0 Å². The minimum Gasteiger partial charge on any atom is -0.399 e. The summed E-state index contributed by atoms with van der Waals surface area (Å²) in [5.41, 5.74) is 13.8. The standard InChI is InChI=1S/C14H14ClN3O/c15-12-6-5-10(16)7-11(12)14(19)18-8-9-3-1-2-4-13(9)17/h1-7H,8,16-17H2,(H,18,19). The summed E-state index contributed by atoms with van der Waals surface area (Å²) in [4.78, 5) is 12.0. The van der Waals surface area contributed by atoms with Crippen LogP contribution in [0.2, 0.25) is 5.02 Å². The van der Waals surface area contributed by atoms with E-state index in [-0.39, 0.29) is 5.91 Å². The summed E-state index contributed by atoms with van der Waals surface area (Å²) in [6.07, 6.45) is 0. The Morgan fingerprint density at radius 1 is 1.16 bits per heavy atom. The molecule has 0 aliphatic heterocycles. The van der Waals surface area contributed by atoms with Gasteiger partial charge in [0.15, 0.2) is 0 Å². The van der Waals surface area contributed by atoms with E-state index in [9.17, 15) is 4.79 Å². The van der Waals surface area contributed by atoms with Gasteiger partial charge in [0.2, 0.25) is 0 Å². The number of carbonyl (C=O) groups is 1. The molecule has 5 heteroatoms. The molecule has 2 rings (SSSR count). The molecule has 0 spiro atoms. The van der Waals surface area contributed by atoms with Crippen molar-refractivity contribution in [1.82, 2.24) is 5.32 Å². The molecule has 5 N–H and O–H groups in total. The largest absolute Gasteiger partial charge is 0.399 e. The molecule has 2 aromatic rings. The molecule has 0 unspecified atom stereocenters. The molecule has 0 aliphatic carbocycles. The highest BCUT2D eigenvalue weighted by Crippen LogP contribution is 2.19. The van der Waals surface area contributed by atoms with Crippen molar-refractivity contribution in [3.05, 3.63) is 58.6 Å². The maximum absolute atomic E-state index is 12.0. The Bertz CT molecular complexity index is 613. The van der Waals surface area contributed by atoms with E-state index in [4.69, 9.17) is 23.1 Å². The molecule has 0 saturated heterocycles. The predicted molar refractivity (Wildman–Crippen MR) is 77.9 cm³/mol. The van der Waals surface area contributed by atoms with E-state index in [0.717, 1.165) is 5.56 Å². The Hall–Kier alpha value is -2.20. The van der Waals surface area contributed by atoms with E-state index in [1.807, 2.05) is 18.2 Å². The van der Waals surface area contributed by atoms with Crippen molar-refractivity contribution in [2.75, 3.05) is 11.5 Å². The van der Waals surface area contributed by atoms with Crippen LogP contribution < -0.4 is 16.8 Å². The Morgan fingerprint density at radius 3 is 2.63 bits per heavy atom. The van der Waals surface area contributed by atoms with Crippen LogP contribution in [0.1, 0.15) is 15.9 Å². The van der Waals surface area contributed by atoms with Crippen LogP contribution in [0.25, 0.3) is 0 Å². The zero-order valence-electron chi connectivity index (χ0n) is 10.2. The van der Waals surface area contributed by atoms with E-state index in [0.29, 0.717) is 28.5 Å². The maximum atomic E-state index is 12.0. The Kier molecular flexibility index (Phi) is 3.92. The third kappa shape index (κ3) is 3.17. The number of nitrogens with one attached hydrogen (secondary N) is 1. The molecule has 0 atom stereocenters. The lowest BCUT2D eigenvalue weighted by Crippen LogP contribution is -2.23. The molecule has 4 nitrogen and oxygen atoms in total. The SMILES string of the molecule is Nc1ccc(Cl)c(C(=O)NCc2ccccc2N)c1. The lowest BCUT2D eigenvalue weighted by atomic mass is 10.1. The summed E-state index contributed by atoms with van der Waals surface area (Å²) in [5, 5.41) is 3.13. The van der Waals surface area contributed by atoms with Gasteiger partial charge in [-0.2, -0.15) is 0 Å². The number of amides is 1. The molecule has 0 heterocycles. The van der Waals surface area contributed by atoms with Crippen LogP contribution in [-0.4, -0.2) is 5.91 Å². The summed E-state index contributed by atoms with van der Waals surface area (Å²) < 4.78 is 0. The van der Waals surface area contributed by atoms with Crippen molar-refractivity contribution < 1.29 is 4.79 Å². The van der Waals surface area contributed by atoms with Crippen molar-refractivity contribution in [1.29, 1.82) is 0 Å². The fraction of sp³-hybridized carbons (Fsp3) is 0.0714. The van der Waals surface area contributed by atoms with Crippen LogP contribution in [0.4, 0.5) is 11.4 Å². The van der Waals surface area contributed by atoms with Gasteiger partial charge in [-0.15, -0.1) is 0 Å². The van der Waals surface area contributed by atoms with Gasteiger partial charge in [0, 0.05) is 17.9 Å². The van der Waals surface area contributed by atoms with Crippen LogP contribution >= 0.6 is 11.6 Å². The van der Waals surface area contributed by atoms with Crippen LogP contribution in [-0.2, 0) is 6.54 Å². The van der Waals surface area contributed by atoms with Gasteiger partial charge in [-0.1, -0.05) is 29.8 Å². The fourth-order valence-electron chi connectivity index (χ4n) is 1.68. The molecule has 19 heavy (non-hydrogen) atoms. The van der Waals surface area contributed by atoms with Crippen LogP contribution in [0, 0.1) is 0 Å². The van der Waals surface area contributed by atoms with Crippen molar-refractivity contribution >= 4 is 28.9 Å². The van der Waals surface area contributed by atoms with Crippen molar-refractivity contribution in [3.63, 3.8) is 0 Å². The molecule has 1 amide bonds. The van der Waals surface area contributed by atoms with Gasteiger partial charge in [-0.05, 0) is 29.8 Å². The van der Waals surface area contributed by atoms with Gasteiger partial charge >= 0.3 is 0 Å². The first-order valence-corrected chi connectivity index (χ1v) is 6.12. The maximum Gasteiger partial charge on any atom is 0.253 e. The van der Waals surface area contributed by atoms with Crippen molar-refractivity contribution in [2.45, 2.75) is 6.54 Å². The normalized spacial score (nSPS) is 10.2. The van der Waals surface area contributed by atoms with Gasteiger partial charge < -0.3 is 16.8 Å². The number of benzene rings is 2. The average Bonchev–Trinajstić information content (AvgIpc) is 2.40. The van der Waals surface area contributed by atoms with Crippen LogP contribution in [0.15, 0.2) is 42.5 Å². The Labute approximate surface area is 116 Å². The highest BCUT2D eigenvalue weighted by Gasteiger charge is 2.10. The molecule has 2 aromatic carbocycles. The predicted octanol–water partition coefficient (Wildman–Crippen LogP) is 2.43. The minimum absolute atomic E-state index is 0.277. The molecular weight excluding hydrogens is 262 g/mol. The summed E-state index contributed by atoms with van der Waals surface area (Å²) in [6, 6.07) is 12.1. The second-order valence-corrected chi connectivity index (χ2v) is 4.53. The van der Waals surface area contributed by atoms with Crippen molar-refractivity contribution in [3.8, 4) is 0 Å². The monoisotopic (exact) mass is 275 g/mol. The van der Waals surface area contributed by atoms with Crippen LogP contribution in [0.3, 0.4) is 0 Å². The number of hydrogen-bond acceptors (Lipinski definition) is 3. The lowest BCUT2D eigenvalue weighted by molar-refractivity contribution is 0.0951. The van der Waals surface area contributed by atoms with Gasteiger partial charge in [0.05, 0.1) is 10.6 Å². The first kappa shape index (κ1) is 13.2. The van der Waals surface area contributed by atoms with Gasteiger partial charge in [-0.25, -0.2) is 0 Å². The number of anilines is 2. The summed E-state index contributed by atoms with van der Waals surface area (Å²) >= 11 is 5.96. The number of hydrogen-bond donors (Lipinski definition) is 3. The lowest BCUT2D eigenvalue weighted by Gasteiger charge is -2.09. The quantitative estimate of drug-likeness (QED) is 0.753. The second-order valence-electron chi connectivity index (χ2n) is 4.12. The Morgan fingerprint density at radius 2 is 1.89 bits per heavy atom. The Balaban J connectivity index is 2.10. The zero-order chi connectivity index (χ0) is 13.8. The van der Waals surface area contributed by atoms with Crippen molar-refractivity contribution in [2.24, 2.45) is 0 Å². The summed E-state index contributed by atoms with van der Waals surface area (Å²) in [6.45, 7) is 0.344. The third-order valence-corrected chi connectivity index (χ3v) is 3.06. The zero-order valence-corrected chi connectivity index (χ0v) is 10.9.